The maximum absolute atomic E-state index is 13.4. The number of likely N-dealkylation sites (tertiary alicyclic amines) is 1. The van der Waals surface area contributed by atoms with Gasteiger partial charge in [0.15, 0.2) is 0 Å². The second kappa shape index (κ2) is 6.60. The van der Waals surface area contributed by atoms with Crippen LogP contribution in [0.2, 0.25) is 0 Å². The fourth-order valence-corrected chi connectivity index (χ4v) is 4.77. The molecular formula is C22H24N2O2. The minimum absolute atomic E-state index is 0.0830. The summed E-state index contributed by atoms with van der Waals surface area (Å²) in [7, 11) is 0. The van der Waals surface area contributed by atoms with Crippen molar-refractivity contribution in [3.8, 4) is 11.1 Å². The Labute approximate surface area is 154 Å². The Morgan fingerprint density at radius 1 is 1.08 bits per heavy atom. The monoisotopic (exact) mass is 348 g/mol. The van der Waals surface area contributed by atoms with Crippen LogP contribution in [0.1, 0.15) is 35.2 Å². The van der Waals surface area contributed by atoms with Crippen molar-refractivity contribution < 1.29 is 9.59 Å². The molecule has 2 N–H and O–H groups in total. The van der Waals surface area contributed by atoms with Crippen molar-refractivity contribution in [2.75, 3.05) is 6.54 Å². The van der Waals surface area contributed by atoms with Gasteiger partial charge in [0.25, 0.3) is 5.91 Å². The highest BCUT2D eigenvalue weighted by Gasteiger charge is 2.48. The van der Waals surface area contributed by atoms with E-state index in [9.17, 15) is 9.59 Å². The molecule has 3 atom stereocenters. The zero-order valence-electron chi connectivity index (χ0n) is 15.0. The van der Waals surface area contributed by atoms with Crippen LogP contribution in [0.25, 0.3) is 11.1 Å². The molecule has 2 amide bonds. The molecule has 4 nitrogen and oxygen atoms in total. The summed E-state index contributed by atoms with van der Waals surface area (Å²) in [6, 6.07) is 15.3. The van der Waals surface area contributed by atoms with Gasteiger partial charge in [0.2, 0.25) is 5.91 Å². The van der Waals surface area contributed by atoms with Crippen LogP contribution in [0.4, 0.5) is 0 Å². The molecule has 2 aromatic carbocycles. The van der Waals surface area contributed by atoms with Gasteiger partial charge >= 0.3 is 0 Å². The second-order valence-electron chi connectivity index (χ2n) is 7.57. The zero-order valence-corrected chi connectivity index (χ0v) is 15.0. The van der Waals surface area contributed by atoms with Gasteiger partial charge in [-0.25, -0.2) is 0 Å². The van der Waals surface area contributed by atoms with Crippen molar-refractivity contribution in [2.45, 2.75) is 32.2 Å². The van der Waals surface area contributed by atoms with E-state index in [-0.39, 0.29) is 17.7 Å². The van der Waals surface area contributed by atoms with Gasteiger partial charge in [0.1, 0.15) is 6.04 Å². The number of carbonyl (C=O) groups excluding carboxylic acids is 2. The van der Waals surface area contributed by atoms with Crippen molar-refractivity contribution in [2.24, 2.45) is 17.6 Å². The predicted octanol–water partition coefficient (Wildman–Crippen LogP) is 3.39. The number of rotatable bonds is 3. The van der Waals surface area contributed by atoms with Crippen LogP contribution >= 0.6 is 0 Å². The lowest BCUT2D eigenvalue weighted by atomic mass is 9.93. The summed E-state index contributed by atoms with van der Waals surface area (Å²) in [6.45, 7) is 2.68. The van der Waals surface area contributed by atoms with Crippen LogP contribution < -0.4 is 5.73 Å². The van der Waals surface area contributed by atoms with Crippen LogP contribution in [0, 0.1) is 18.8 Å². The minimum atomic E-state index is -0.472. The SMILES string of the molecule is Cc1cccc(-c2ccccc2C(=O)N2CC3CCCC3C2C(N)=O)c1. The summed E-state index contributed by atoms with van der Waals surface area (Å²) >= 11 is 0. The summed E-state index contributed by atoms with van der Waals surface area (Å²) in [5.41, 5.74) is 9.41. The Morgan fingerprint density at radius 2 is 1.88 bits per heavy atom. The summed E-state index contributed by atoms with van der Waals surface area (Å²) in [4.78, 5) is 27.2. The van der Waals surface area contributed by atoms with Gasteiger partial charge in [0, 0.05) is 12.1 Å². The molecule has 26 heavy (non-hydrogen) atoms. The molecule has 134 valence electrons. The highest BCUT2D eigenvalue weighted by molar-refractivity contribution is 6.03. The number of benzene rings is 2. The van der Waals surface area contributed by atoms with Gasteiger partial charge in [-0.1, -0.05) is 54.4 Å². The molecule has 0 bridgehead atoms. The number of nitrogens with two attached hydrogens (primary N) is 1. The van der Waals surface area contributed by atoms with E-state index in [1.165, 1.54) is 0 Å². The summed E-state index contributed by atoms with van der Waals surface area (Å²) in [5, 5.41) is 0. The number of amides is 2. The van der Waals surface area contributed by atoms with E-state index in [2.05, 4.69) is 6.07 Å². The Kier molecular flexibility index (Phi) is 4.27. The molecule has 1 saturated carbocycles. The summed E-state index contributed by atoms with van der Waals surface area (Å²) in [5.74, 6) is 0.172. The van der Waals surface area contributed by atoms with Crippen LogP contribution in [0.15, 0.2) is 48.5 Å². The Balaban J connectivity index is 1.72. The van der Waals surface area contributed by atoms with Gasteiger partial charge in [0.05, 0.1) is 0 Å². The van der Waals surface area contributed by atoms with E-state index in [1.54, 1.807) is 4.90 Å². The number of fused-ring (bicyclic) bond motifs is 1. The Morgan fingerprint density at radius 3 is 2.65 bits per heavy atom. The number of hydrogen-bond donors (Lipinski definition) is 1. The predicted molar refractivity (Wildman–Crippen MR) is 101 cm³/mol. The third-order valence-corrected chi connectivity index (χ3v) is 5.93. The lowest BCUT2D eigenvalue weighted by molar-refractivity contribution is -0.122. The summed E-state index contributed by atoms with van der Waals surface area (Å²) in [6.07, 6.45) is 3.19. The number of hydrogen-bond acceptors (Lipinski definition) is 2. The van der Waals surface area contributed by atoms with Crippen molar-refractivity contribution in [3.05, 3.63) is 59.7 Å². The van der Waals surface area contributed by atoms with Gasteiger partial charge in [-0.15, -0.1) is 0 Å². The van der Waals surface area contributed by atoms with E-state index in [0.717, 1.165) is 36.0 Å². The molecule has 4 heteroatoms. The van der Waals surface area contributed by atoms with Crippen LogP contribution in [-0.4, -0.2) is 29.3 Å². The van der Waals surface area contributed by atoms with E-state index in [4.69, 9.17) is 5.73 Å². The molecule has 0 aromatic heterocycles. The van der Waals surface area contributed by atoms with E-state index in [1.807, 2.05) is 49.4 Å². The van der Waals surface area contributed by atoms with Crippen LogP contribution in [0.3, 0.4) is 0 Å². The lowest BCUT2D eigenvalue weighted by Crippen LogP contribution is -2.46. The molecule has 0 spiro atoms. The van der Waals surface area contributed by atoms with E-state index >= 15 is 0 Å². The fraction of sp³-hybridized carbons (Fsp3) is 0.364. The lowest BCUT2D eigenvalue weighted by Gasteiger charge is -2.26. The molecule has 2 aliphatic rings. The second-order valence-corrected chi connectivity index (χ2v) is 7.57. The Hall–Kier alpha value is -2.62. The van der Waals surface area contributed by atoms with Crippen molar-refractivity contribution in [3.63, 3.8) is 0 Å². The fourth-order valence-electron chi connectivity index (χ4n) is 4.77. The van der Waals surface area contributed by atoms with Gasteiger partial charge in [-0.3, -0.25) is 9.59 Å². The van der Waals surface area contributed by atoms with E-state index < -0.39 is 6.04 Å². The maximum atomic E-state index is 13.4. The topological polar surface area (TPSA) is 63.4 Å². The number of aryl methyl sites for hydroxylation is 1. The number of primary amides is 1. The highest BCUT2D eigenvalue weighted by atomic mass is 16.2. The number of carbonyl (C=O) groups is 2. The number of nitrogens with zero attached hydrogens (tertiary/aromatic N) is 1. The smallest absolute Gasteiger partial charge is 0.255 e. The molecule has 1 aliphatic heterocycles. The molecule has 1 heterocycles. The van der Waals surface area contributed by atoms with Crippen molar-refractivity contribution in [1.29, 1.82) is 0 Å². The molecule has 1 saturated heterocycles. The Bertz CT molecular complexity index is 861. The molecular weight excluding hydrogens is 324 g/mol. The molecule has 0 radical (unpaired) electrons. The highest BCUT2D eigenvalue weighted by Crippen LogP contribution is 2.43. The third-order valence-electron chi connectivity index (χ3n) is 5.93. The van der Waals surface area contributed by atoms with Gasteiger partial charge < -0.3 is 10.6 Å². The standard InChI is InChI=1S/C22H24N2O2/c1-14-6-4-7-15(12-14)17-9-2-3-10-19(17)22(26)24-13-16-8-5-11-18(16)20(24)21(23)25/h2-4,6-7,9-10,12,16,18,20H,5,8,11,13H2,1H3,(H2,23,25). The van der Waals surface area contributed by atoms with E-state index in [0.29, 0.717) is 18.0 Å². The first-order chi connectivity index (χ1) is 12.6. The van der Waals surface area contributed by atoms with Crippen LogP contribution in [0.5, 0.6) is 0 Å². The van der Waals surface area contributed by atoms with Crippen LogP contribution in [-0.2, 0) is 4.79 Å². The first-order valence-electron chi connectivity index (χ1n) is 9.32. The van der Waals surface area contributed by atoms with Gasteiger partial charge in [-0.2, -0.15) is 0 Å². The first kappa shape index (κ1) is 16.8. The average Bonchev–Trinajstić information content (AvgIpc) is 3.21. The third kappa shape index (κ3) is 2.79. The molecule has 2 aromatic rings. The minimum Gasteiger partial charge on any atom is -0.368 e. The van der Waals surface area contributed by atoms with Gasteiger partial charge in [-0.05, 0) is 48.8 Å². The molecule has 3 unspecified atom stereocenters. The normalized spacial score (nSPS) is 24.5. The quantitative estimate of drug-likeness (QED) is 0.924. The summed E-state index contributed by atoms with van der Waals surface area (Å²) < 4.78 is 0. The zero-order chi connectivity index (χ0) is 18.3. The van der Waals surface area contributed by atoms with Crippen molar-refractivity contribution >= 4 is 11.8 Å². The van der Waals surface area contributed by atoms with Crippen molar-refractivity contribution in [1.82, 2.24) is 4.90 Å². The first-order valence-corrected chi connectivity index (χ1v) is 9.32. The maximum Gasteiger partial charge on any atom is 0.255 e. The largest absolute Gasteiger partial charge is 0.368 e. The molecule has 2 fully saturated rings. The molecule has 4 rings (SSSR count). The average molecular weight is 348 g/mol. The molecule has 1 aliphatic carbocycles.